The molecule has 2 fully saturated rings. The van der Waals surface area contributed by atoms with Gasteiger partial charge in [0.2, 0.25) is 0 Å². The largest absolute Gasteiger partial charge is 0.481 e. The topological polar surface area (TPSA) is 139 Å². The summed E-state index contributed by atoms with van der Waals surface area (Å²) >= 11 is 1.17. The fraction of sp³-hybridized carbons (Fsp3) is 0.448. The molecule has 1 unspecified atom stereocenters. The number of piperazine rings is 1. The molecule has 11 nitrogen and oxygen atoms in total. The van der Waals surface area contributed by atoms with Crippen LogP contribution < -0.4 is 10.2 Å². The number of halogens is 3. The standard InChI is InChI=1S/C29H32F3N8O3PS/c1-17-15-39(8-7-38(17)6-4-25(41)42)23-14-34-21(13-35-23)27(43)37-28-36-26(22(45-28)16-40-5-2-3-24(40)44)19-9-18(12-33)10-20(11-19)29(30,31)32/h9-11,13-14,17,24H,2-8,15-16,44H2,1H3,(H,41,42)(H,36,37,43)/t17-,24+/m0/s1. The highest BCUT2D eigenvalue weighted by Gasteiger charge is 2.32. The number of carboxylic acids is 1. The van der Waals surface area contributed by atoms with E-state index in [1.165, 1.54) is 29.8 Å². The average Bonchev–Trinajstić information content (AvgIpc) is 3.60. The van der Waals surface area contributed by atoms with E-state index in [0.717, 1.165) is 31.5 Å². The number of aliphatic carboxylic acids is 1. The average molecular weight is 661 g/mol. The van der Waals surface area contributed by atoms with Crippen molar-refractivity contribution in [2.75, 3.05) is 42.9 Å². The monoisotopic (exact) mass is 660 g/mol. The summed E-state index contributed by atoms with van der Waals surface area (Å²) in [6.45, 7) is 5.66. The molecule has 2 aromatic heterocycles. The van der Waals surface area contributed by atoms with Crippen molar-refractivity contribution in [2.24, 2.45) is 0 Å². The molecule has 2 aliphatic heterocycles. The molecule has 4 heterocycles. The Kier molecular flexibility index (Phi) is 9.98. The zero-order valence-corrected chi connectivity index (χ0v) is 26.4. The van der Waals surface area contributed by atoms with Crippen LogP contribution in [0.25, 0.3) is 11.3 Å². The lowest BCUT2D eigenvalue weighted by Crippen LogP contribution is -2.52. The van der Waals surface area contributed by atoms with E-state index in [0.29, 0.717) is 43.4 Å². The molecule has 0 spiro atoms. The molecule has 238 valence electrons. The molecular weight excluding hydrogens is 628 g/mol. The van der Waals surface area contributed by atoms with E-state index in [1.807, 2.05) is 11.8 Å². The van der Waals surface area contributed by atoms with Gasteiger partial charge in [-0.15, -0.1) is 9.24 Å². The van der Waals surface area contributed by atoms with E-state index >= 15 is 0 Å². The summed E-state index contributed by atoms with van der Waals surface area (Å²) in [5, 5.41) is 21.3. The second kappa shape index (κ2) is 13.7. The third-order valence-corrected chi connectivity index (χ3v) is 9.62. The highest BCUT2D eigenvalue weighted by Crippen LogP contribution is 2.38. The van der Waals surface area contributed by atoms with E-state index in [9.17, 15) is 28.0 Å². The van der Waals surface area contributed by atoms with Crippen LogP contribution in [-0.4, -0.2) is 86.3 Å². The number of carbonyl (C=O) groups excluding carboxylic acids is 1. The number of rotatable bonds is 9. The van der Waals surface area contributed by atoms with Gasteiger partial charge in [0.05, 0.1) is 41.7 Å². The molecular formula is C29H32F3N8O3PS. The number of anilines is 2. The van der Waals surface area contributed by atoms with E-state index in [-0.39, 0.29) is 45.9 Å². The molecule has 1 aromatic carbocycles. The van der Waals surface area contributed by atoms with Gasteiger partial charge in [-0.25, -0.2) is 15.0 Å². The number of benzene rings is 1. The number of likely N-dealkylation sites (tertiary alicyclic amines) is 1. The van der Waals surface area contributed by atoms with Crippen molar-refractivity contribution in [2.45, 2.75) is 50.7 Å². The van der Waals surface area contributed by atoms with Crippen molar-refractivity contribution in [3.8, 4) is 17.3 Å². The summed E-state index contributed by atoms with van der Waals surface area (Å²) in [5.74, 6) is -0.609. The van der Waals surface area contributed by atoms with Gasteiger partial charge < -0.3 is 10.0 Å². The van der Waals surface area contributed by atoms with Gasteiger partial charge in [-0.2, -0.15) is 18.4 Å². The maximum atomic E-state index is 13.7. The highest BCUT2D eigenvalue weighted by molar-refractivity contribution is 7.17. The van der Waals surface area contributed by atoms with Crippen LogP contribution in [-0.2, 0) is 17.5 Å². The van der Waals surface area contributed by atoms with Crippen molar-refractivity contribution in [1.29, 1.82) is 5.26 Å². The van der Waals surface area contributed by atoms with Crippen molar-refractivity contribution in [3.63, 3.8) is 0 Å². The Bertz CT molecular complexity index is 1600. The number of carboxylic acid groups (broad SMARTS) is 1. The van der Waals surface area contributed by atoms with Gasteiger partial charge in [0.1, 0.15) is 11.5 Å². The first-order chi connectivity index (χ1) is 21.4. The number of alkyl halides is 3. The maximum absolute atomic E-state index is 13.7. The van der Waals surface area contributed by atoms with Gasteiger partial charge in [-0.3, -0.25) is 24.7 Å². The van der Waals surface area contributed by atoms with Gasteiger partial charge in [0.15, 0.2) is 5.13 Å². The van der Waals surface area contributed by atoms with E-state index < -0.39 is 23.6 Å². The SMILES string of the molecule is C[C@H]1CN(c2cnc(C(=O)Nc3nc(-c4cc(C#N)cc(C(F)(F)F)c4)c(CN4CCC[C@H]4P)s3)cn2)CCN1CCC(=O)O. The lowest BCUT2D eigenvalue weighted by molar-refractivity contribution is -0.138. The Morgan fingerprint density at radius 2 is 1.98 bits per heavy atom. The first kappa shape index (κ1) is 32.7. The van der Waals surface area contributed by atoms with E-state index in [4.69, 9.17) is 5.11 Å². The van der Waals surface area contributed by atoms with Gasteiger partial charge in [-0.05, 0) is 44.5 Å². The minimum absolute atomic E-state index is 0.0422. The van der Waals surface area contributed by atoms with Crippen LogP contribution in [0.5, 0.6) is 0 Å². The second-order valence-corrected chi connectivity index (χ2v) is 12.9. The number of aromatic nitrogens is 3. The molecule has 45 heavy (non-hydrogen) atoms. The molecule has 2 N–H and O–H groups in total. The van der Waals surface area contributed by atoms with Crippen LogP contribution in [0.4, 0.5) is 24.1 Å². The summed E-state index contributed by atoms with van der Waals surface area (Å²) in [4.78, 5) is 44.3. The number of amides is 1. The minimum atomic E-state index is -4.65. The Morgan fingerprint density at radius 1 is 1.18 bits per heavy atom. The number of hydrogen-bond acceptors (Lipinski definition) is 10. The Morgan fingerprint density at radius 3 is 2.60 bits per heavy atom. The molecule has 3 atom stereocenters. The number of nitriles is 1. The lowest BCUT2D eigenvalue weighted by Gasteiger charge is -2.40. The Hall–Kier alpha value is -3.70. The summed E-state index contributed by atoms with van der Waals surface area (Å²) in [5.41, 5.74) is -0.617. The lowest BCUT2D eigenvalue weighted by atomic mass is 10.0. The fourth-order valence-electron chi connectivity index (χ4n) is 5.50. The number of nitrogens with one attached hydrogen (secondary N) is 1. The number of thiazole rings is 1. The van der Waals surface area contributed by atoms with Crippen molar-refractivity contribution < 1.29 is 27.9 Å². The predicted octanol–water partition coefficient (Wildman–Crippen LogP) is 4.53. The maximum Gasteiger partial charge on any atom is 0.416 e. The smallest absolute Gasteiger partial charge is 0.416 e. The summed E-state index contributed by atoms with van der Waals surface area (Å²) in [6.07, 6.45) is 0.252. The van der Waals surface area contributed by atoms with Gasteiger partial charge in [0, 0.05) is 55.0 Å². The van der Waals surface area contributed by atoms with Gasteiger partial charge in [-0.1, -0.05) is 11.3 Å². The van der Waals surface area contributed by atoms with Crippen LogP contribution >= 0.6 is 20.6 Å². The first-order valence-electron chi connectivity index (χ1n) is 14.4. The first-order valence-corrected chi connectivity index (χ1v) is 15.9. The molecule has 0 radical (unpaired) electrons. The van der Waals surface area contributed by atoms with Gasteiger partial charge >= 0.3 is 12.1 Å². The van der Waals surface area contributed by atoms with Crippen LogP contribution in [0, 0.1) is 11.3 Å². The summed E-state index contributed by atoms with van der Waals surface area (Å²) < 4.78 is 41.0. The van der Waals surface area contributed by atoms with Crippen molar-refractivity contribution in [3.05, 3.63) is 52.3 Å². The predicted molar refractivity (Wildman–Crippen MR) is 166 cm³/mol. The molecule has 3 aromatic rings. The van der Waals surface area contributed by atoms with Crippen LogP contribution in [0.1, 0.15) is 52.7 Å². The molecule has 5 rings (SSSR count). The molecule has 16 heteroatoms. The fourth-order valence-corrected chi connectivity index (χ4v) is 7.00. The number of hydrogen-bond donors (Lipinski definition) is 2. The van der Waals surface area contributed by atoms with Crippen molar-refractivity contribution in [1.82, 2.24) is 24.8 Å². The Balaban J connectivity index is 1.34. The third kappa shape index (κ3) is 7.94. The zero-order valence-electron chi connectivity index (χ0n) is 24.4. The number of nitrogens with zero attached hydrogens (tertiary/aromatic N) is 7. The van der Waals surface area contributed by atoms with E-state index in [1.54, 1.807) is 6.07 Å². The second-order valence-electron chi connectivity index (χ2n) is 11.1. The number of carbonyl (C=O) groups is 2. The molecule has 0 bridgehead atoms. The quantitative estimate of drug-likeness (QED) is 0.315. The van der Waals surface area contributed by atoms with Crippen LogP contribution in [0.2, 0.25) is 0 Å². The zero-order chi connectivity index (χ0) is 32.3. The molecule has 1 amide bonds. The van der Waals surface area contributed by atoms with Crippen LogP contribution in [0.15, 0.2) is 30.6 Å². The molecule has 2 saturated heterocycles. The van der Waals surface area contributed by atoms with Crippen LogP contribution in [0.3, 0.4) is 0 Å². The summed E-state index contributed by atoms with van der Waals surface area (Å²) in [6, 6.07) is 5.07. The molecule has 0 saturated carbocycles. The normalized spacial score (nSPS) is 19.4. The minimum Gasteiger partial charge on any atom is -0.481 e. The summed E-state index contributed by atoms with van der Waals surface area (Å²) in [7, 11) is 2.78. The third-order valence-electron chi connectivity index (χ3n) is 7.91. The Labute approximate surface area is 264 Å². The molecule has 2 aliphatic rings. The highest BCUT2D eigenvalue weighted by atomic mass is 32.1. The van der Waals surface area contributed by atoms with Gasteiger partial charge in [0.25, 0.3) is 5.91 Å². The van der Waals surface area contributed by atoms with Crippen molar-refractivity contribution >= 4 is 43.4 Å². The van der Waals surface area contributed by atoms with E-state index in [2.05, 4.69) is 39.3 Å². The molecule has 0 aliphatic carbocycles.